The predicted molar refractivity (Wildman–Crippen MR) is 98.4 cm³/mol. The minimum absolute atomic E-state index is 0. The van der Waals surface area contributed by atoms with Crippen molar-refractivity contribution in [3.05, 3.63) is 81.7 Å². The number of hydrogen-bond acceptors (Lipinski definition) is 6. The Labute approximate surface area is 165 Å². The van der Waals surface area contributed by atoms with Gasteiger partial charge in [0.2, 0.25) is 0 Å². The second-order valence-corrected chi connectivity index (χ2v) is 5.74. The van der Waals surface area contributed by atoms with E-state index in [1.165, 1.54) is 35.9 Å². The van der Waals surface area contributed by atoms with E-state index in [0.717, 1.165) is 4.88 Å². The first kappa shape index (κ1) is 21.2. The van der Waals surface area contributed by atoms with Crippen molar-refractivity contribution < 1.29 is 37.2 Å². The Hall–Kier alpha value is -2.80. The molecule has 6 nitrogen and oxygen atoms in total. The van der Waals surface area contributed by atoms with Gasteiger partial charge in [-0.2, -0.15) is 4.74 Å². The van der Waals surface area contributed by atoms with Crippen LogP contribution < -0.4 is 0 Å². The first-order valence-electron chi connectivity index (χ1n) is 7.20. The molecule has 0 aliphatic rings. The molecule has 0 saturated carbocycles. The third kappa shape index (κ3) is 6.25. The molecule has 3 rings (SSSR count). The van der Waals surface area contributed by atoms with Crippen LogP contribution in [0.3, 0.4) is 0 Å². The Balaban J connectivity index is 0.000000270. The van der Waals surface area contributed by atoms with Gasteiger partial charge < -0.3 is 20.6 Å². The van der Waals surface area contributed by atoms with Crippen LogP contribution in [0.2, 0.25) is 0 Å². The summed E-state index contributed by atoms with van der Waals surface area (Å²) in [5.41, 5.74) is 0.760. The van der Waals surface area contributed by atoms with E-state index in [4.69, 9.17) is 10.3 Å². The minimum Gasteiger partial charge on any atom is -0.618 e. The largest absolute Gasteiger partial charge is 0.618 e. The number of rotatable bonds is 3. The molecule has 0 aliphatic heterocycles. The zero-order valence-corrected chi connectivity index (χ0v) is 15.1. The zero-order chi connectivity index (χ0) is 18.1. The number of nitrogens with zero attached hydrogens (tertiary/aromatic N) is 2. The number of aromatic hydroxyl groups is 2. The molecule has 1 aromatic heterocycles. The Kier molecular flexibility index (Phi) is 8.94. The number of benzene rings is 2. The summed E-state index contributed by atoms with van der Waals surface area (Å²) in [7, 11) is 0. The molecule has 1 radical (unpaired) electrons. The van der Waals surface area contributed by atoms with Crippen molar-refractivity contribution in [1.29, 1.82) is 0 Å². The van der Waals surface area contributed by atoms with Gasteiger partial charge in [0, 0.05) is 28.7 Å². The molecule has 0 fully saturated rings. The van der Waals surface area contributed by atoms with Crippen LogP contribution in [0.1, 0.15) is 10.4 Å². The Morgan fingerprint density at radius 1 is 0.923 bits per heavy atom. The Bertz CT molecular complexity index is 867. The number of hydrogen-bond donors (Lipinski definition) is 3. The van der Waals surface area contributed by atoms with Crippen LogP contribution in [0.4, 0.5) is 5.69 Å². The fraction of sp³-hybridized carbons (Fsp3) is 0. The molecule has 1 heterocycles. The van der Waals surface area contributed by atoms with Crippen LogP contribution in [0, 0.1) is 5.21 Å². The molecule has 3 N–H and O–H groups in total. The fourth-order valence-corrected chi connectivity index (χ4v) is 2.49. The van der Waals surface area contributed by atoms with Gasteiger partial charge in [-0.3, -0.25) is 0 Å². The van der Waals surface area contributed by atoms with E-state index in [2.05, 4.69) is 5.16 Å². The standard InChI is InChI=1S/C11H9NO2S.C7H7NO2.Cu/c13-11-6-2-1-5-10(11)12(14)8-9-4-3-7-15-9;9-7-4-2-1-3-6(7)5-8-10;/h1-8,13H;1-5,9-10H;/b12-8-;8-5+;. The second kappa shape index (κ2) is 10.9. The third-order valence-electron chi connectivity index (χ3n) is 3.04. The van der Waals surface area contributed by atoms with E-state index in [1.807, 2.05) is 17.5 Å². The summed E-state index contributed by atoms with van der Waals surface area (Å²) in [4.78, 5) is 0.855. The Morgan fingerprint density at radius 2 is 1.58 bits per heavy atom. The molecule has 26 heavy (non-hydrogen) atoms. The number of thiophene rings is 1. The molecular weight excluding hydrogens is 404 g/mol. The van der Waals surface area contributed by atoms with E-state index in [1.54, 1.807) is 36.4 Å². The molecule has 0 bridgehead atoms. The van der Waals surface area contributed by atoms with Crippen molar-refractivity contribution in [1.82, 2.24) is 0 Å². The average molecular weight is 420 g/mol. The van der Waals surface area contributed by atoms with Gasteiger partial charge in [-0.1, -0.05) is 35.5 Å². The van der Waals surface area contributed by atoms with Gasteiger partial charge in [-0.15, -0.1) is 11.3 Å². The van der Waals surface area contributed by atoms with E-state index in [9.17, 15) is 10.3 Å². The maximum atomic E-state index is 11.6. The SMILES string of the molecule is O/N=C/c1ccccc1O.[Cu].[O-]/[N+](=C\c1cccs1)c1ccccc1O. The second-order valence-electron chi connectivity index (χ2n) is 4.76. The summed E-state index contributed by atoms with van der Waals surface area (Å²) in [5.74, 6) is 0.0978. The number of phenolic OH excluding ortho intramolecular Hbond substituents is 2. The van der Waals surface area contributed by atoms with Crippen molar-refractivity contribution in [2.24, 2.45) is 5.16 Å². The maximum Gasteiger partial charge on any atom is 0.258 e. The van der Waals surface area contributed by atoms with Crippen LogP contribution in [-0.2, 0) is 17.1 Å². The molecule has 0 aliphatic carbocycles. The van der Waals surface area contributed by atoms with Crippen LogP contribution in [0.15, 0.2) is 71.2 Å². The summed E-state index contributed by atoms with van der Waals surface area (Å²) < 4.78 is 0.668. The molecule has 0 atom stereocenters. The van der Waals surface area contributed by atoms with Gasteiger partial charge in [0.25, 0.3) is 5.69 Å². The van der Waals surface area contributed by atoms with Crippen LogP contribution in [-0.4, -0.2) is 32.6 Å². The average Bonchev–Trinajstić information content (AvgIpc) is 3.11. The molecule has 8 heteroatoms. The molecule has 3 aromatic rings. The van der Waals surface area contributed by atoms with Gasteiger partial charge >= 0.3 is 0 Å². The fourth-order valence-electron chi connectivity index (χ4n) is 1.86. The van der Waals surface area contributed by atoms with Gasteiger partial charge in [0.15, 0.2) is 12.0 Å². The minimum atomic E-state index is -0.0136. The summed E-state index contributed by atoms with van der Waals surface area (Å²) >= 11 is 1.47. The van der Waals surface area contributed by atoms with Crippen molar-refractivity contribution in [2.45, 2.75) is 0 Å². The summed E-state index contributed by atoms with van der Waals surface area (Å²) in [6, 6.07) is 16.8. The molecule has 139 valence electrons. The van der Waals surface area contributed by atoms with E-state index < -0.39 is 0 Å². The molecule has 2 aromatic carbocycles. The van der Waals surface area contributed by atoms with Crippen LogP contribution in [0.5, 0.6) is 11.5 Å². The van der Waals surface area contributed by atoms with Crippen LogP contribution in [0.25, 0.3) is 0 Å². The zero-order valence-electron chi connectivity index (χ0n) is 13.4. The van der Waals surface area contributed by atoms with E-state index >= 15 is 0 Å². The quantitative estimate of drug-likeness (QED) is 0.150. The normalized spacial score (nSPS) is 10.7. The first-order valence-corrected chi connectivity index (χ1v) is 8.08. The van der Waals surface area contributed by atoms with Crippen molar-refractivity contribution in [2.75, 3.05) is 0 Å². The van der Waals surface area contributed by atoms with Crippen molar-refractivity contribution in [3.8, 4) is 11.5 Å². The molecule has 0 unspecified atom stereocenters. The van der Waals surface area contributed by atoms with Gasteiger partial charge in [-0.05, 0) is 29.6 Å². The summed E-state index contributed by atoms with van der Waals surface area (Å²) in [6.45, 7) is 0. The number of para-hydroxylation sites is 3. The maximum absolute atomic E-state index is 11.6. The Morgan fingerprint density at radius 3 is 2.15 bits per heavy atom. The molecule has 0 amide bonds. The monoisotopic (exact) mass is 419 g/mol. The number of oxime groups is 1. The van der Waals surface area contributed by atoms with E-state index in [-0.39, 0.29) is 34.3 Å². The smallest absolute Gasteiger partial charge is 0.258 e. The van der Waals surface area contributed by atoms with Crippen molar-refractivity contribution in [3.63, 3.8) is 0 Å². The number of phenols is 2. The van der Waals surface area contributed by atoms with Gasteiger partial charge in [0.1, 0.15) is 5.75 Å². The van der Waals surface area contributed by atoms with Gasteiger partial charge in [-0.25, -0.2) is 0 Å². The summed E-state index contributed by atoms with van der Waals surface area (Å²) in [5, 5.41) is 42.9. The summed E-state index contributed by atoms with van der Waals surface area (Å²) in [6.07, 6.45) is 2.62. The third-order valence-corrected chi connectivity index (χ3v) is 3.85. The predicted octanol–water partition coefficient (Wildman–Crippen LogP) is 3.91. The molecule has 0 saturated heterocycles. The topological polar surface area (TPSA) is 99.1 Å². The molecule has 0 spiro atoms. The molecular formula is C18H16CuN2O4S. The van der Waals surface area contributed by atoms with E-state index in [0.29, 0.717) is 10.3 Å². The van der Waals surface area contributed by atoms with Crippen LogP contribution >= 0.6 is 11.3 Å². The first-order chi connectivity index (χ1) is 12.1. The van der Waals surface area contributed by atoms with Gasteiger partial charge in [0.05, 0.1) is 11.1 Å². The van der Waals surface area contributed by atoms with Crippen molar-refractivity contribution >= 4 is 29.5 Å².